The summed E-state index contributed by atoms with van der Waals surface area (Å²) in [7, 11) is 0. The molecule has 0 atom stereocenters. The van der Waals surface area contributed by atoms with Crippen molar-refractivity contribution < 1.29 is 4.79 Å². The van der Waals surface area contributed by atoms with Crippen molar-refractivity contribution in [2.24, 2.45) is 0 Å². The summed E-state index contributed by atoms with van der Waals surface area (Å²) in [6, 6.07) is 8.53. The molecular formula is C21H23N5OS2. The van der Waals surface area contributed by atoms with Gasteiger partial charge in [0.05, 0.1) is 11.4 Å². The van der Waals surface area contributed by atoms with Crippen LogP contribution in [0.25, 0.3) is 0 Å². The second-order valence-corrected chi connectivity index (χ2v) is 9.60. The number of nitrogens with zero attached hydrogens (tertiary/aromatic N) is 5. The summed E-state index contributed by atoms with van der Waals surface area (Å²) in [5.41, 5.74) is 2.94. The third-order valence-corrected chi connectivity index (χ3v) is 7.05. The number of rotatable bonds is 7. The SMILES string of the molecule is CC(=O)N(c1cccc(C)c1)c1nc(CSc2nnc(C3CC3)n2C2CC2)cs1. The van der Waals surface area contributed by atoms with E-state index in [1.54, 1.807) is 23.6 Å². The minimum atomic E-state index is -0.0355. The normalized spacial score (nSPS) is 16.2. The molecule has 3 aromatic rings. The zero-order chi connectivity index (χ0) is 20.0. The first-order valence-corrected chi connectivity index (χ1v) is 11.9. The maximum absolute atomic E-state index is 12.3. The minimum absolute atomic E-state index is 0.0355. The molecule has 2 saturated carbocycles. The zero-order valence-corrected chi connectivity index (χ0v) is 18.2. The van der Waals surface area contributed by atoms with Crippen LogP contribution in [0.3, 0.4) is 0 Å². The number of carbonyl (C=O) groups excluding carboxylic acids is 1. The fraction of sp³-hybridized carbons (Fsp3) is 0.429. The van der Waals surface area contributed by atoms with Crippen LogP contribution in [0.4, 0.5) is 10.8 Å². The molecule has 1 amide bonds. The van der Waals surface area contributed by atoms with Crippen molar-refractivity contribution >= 4 is 39.8 Å². The van der Waals surface area contributed by atoms with E-state index in [0.29, 0.717) is 17.1 Å². The smallest absolute Gasteiger partial charge is 0.230 e. The highest BCUT2D eigenvalue weighted by Crippen LogP contribution is 2.46. The van der Waals surface area contributed by atoms with E-state index in [0.717, 1.165) is 27.9 Å². The average Bonchev–Trinajstić information content (AvgIpc) is 3.62. The quantitative estimate of drug-likeness (QED) is 0.485. The van der Waals surface area contributed by atoms with Gasteiger partial charge in [-0.2, -0.15) is 0 Å². The van der Waals surface area contributed by atoms with Gasteiger partial charge in [0.1, 0.15) is 5.82 Å². The van der Waals surface area contributed by atoms with Gasteiger partial charge in [0.2, 0.25) is 5.91 Å². The number of hydrogen-bond donors (Lipinski definition) is 0. The Labute approximate surface area is 178 Å². The number of thiazole rings is 1. The Morgan fingerprint density at radius 1 is 1.28 bits per heavy atom. The monoisotopic (exact) mass is 425 g/mol. The van der Waals surface area contributed by atoms with Crippen LogP contribution in [-0.2, 0) is 10.5 Å². The van der Waals surface area contributed by atoms with Crippen LogP contribution >= 0.6 is 23.1 Å². The van der Waals surface area contributed by atoms with Gasteiger partial charge in [-0.1, -0.05) is 23.9 Å². The molecule has 0 saturated heterocycles. The molecule has 5 rings (SSSR count). The van der Waals surface area contributed by atoms with E-state index < -0.39 is 0 Å². The number of benzene rings is 1. The molecule has 0 radical (unpaired) electrons. The first kappa shape index (κ1) is 18.8. The van der Waals surface area contributed by atoms with Crippen molar-refractivity contribution in [3.05, 3.63) is 46.7 Å². The highest BCUT2D eigenvalue weighted by Gasteiger charge is 2.36. The topological polar surface area (TPSA) is 63.9 Å². The van der Waals surface area contributed by atoms with E-state index in [1.165, 1.54) is 42.8 Å². The molecule has 2 aliphatic carbocycles. The Morgan fingerprint density at radius 2 is 2.10 bits per heavy atom. The molecule has 0 N–H and O–H groups in total. The van der Waals surface area contributed by atoms with E-state index in [-0.39, 0.29) is 5.91 Å². The van der Waals surface area contributed by atoms with Crippen LogP contribution in [0.2, 0.25) is 0 Å². The molecule has 1 aromatic carbocycles. The van der Waals surface area contributed by atoms with Crippen molar-refractivity contribution in [3.63, 3.8) is 0 Å². The second kappa shape index (κ2) is 7.57. The van der Waals surface area contributed by atoms with Crippen LogP contribution in [0, 0.1) is 6.92 Å². The molecule has 0 spiro atoms. The van der Waals surface area contributed by atoms with E-state index in [1.807, 2.05) is 36.6 Å². The van der Waals surface area contributed by atoms with Crippen molar-refractivity contribution in [2.45, 2.75) is 62.4 Å². The van der Waals surface area contributed by atoms with Gasteiger partial charge >= 0.3 is 0 Å². The molecule has 2 aliphatic rings. The number of amides is 1. The third-order valence-electron chi connectivity index (χ3n) is 5.20. The predicted molar refractivity (Wildman–Crippen MR) is 116 cm³/mol. The van der Waals surface area contributed by atoms with Gasteiger partial charge in [0, 0.05) is 30.0 Å². The number of anilines is 2. The summed E-state index contributed by atoms with van der Waals surface area (Å²) in [4.78, 5) is 18.7. The Kier molecular flexibility index (Phi) is 4.91. The van der Waals surface area contributed by atoms with Crippen LogP contribution in [0.1, 0.15) is 61.6 Å². The Balaban J connectivity index is 1.33. The summed E-state index contributed by atoms with van der Waals surface area (Å²) in [5, 5.41) is 12.7. The maximum atomic E-state index is 12.3. The number of carbonyl (C=O) groups is 1. The van der Waals surface area contributed by atoms with Gasteiger partial charge < -0.3 is 4.57 Å². The van der Waals surface area contributed by atoms with E-state index >= 15 is 0 Å². The third kappa shape index (κ3) is 3.96. The highest BCUT2D eigenvalue weighted by atomic mass is 32.2. The molecule has 29 heavy (non-hydrogen) atoms. The van der Waals surface area contributed by atoms with Gasteiger partial charge in [-0.15, -0.1) is 21.5 Å². The first-order valence-electron chi connectivity index (χ1n) is 9.99. The zero-order valence-electron chi connectivity index (χ0n) is 16.5. The first-order chi connectivity index (χ1) is 14.1. The largest absolute Gasteiger partial charge is 0.303 e. The van der Waals surface area contributed by atoms with Crippen molar-refractivity contribution in [3.8, 4) is 0 Å². The average molecular weight is 426 g/mol. The van der Waals surface area contributed by atoms with Gasteiger partial charge in [-0.05, 0) is 50.3 Å². The molecule has 2 aromatic heterocycles. The van der Waals surface area contributed by atoms with Crippen LogP contribution in [-0.4, -0.2) is 25.7 Å². The van der Waals surface area contributed by atoms with Crippen LogP contribution in [0.15, 0.2) is 34.8 Å². The Morgan fingerprint density at radius 3 is 2.79 bits per heavy atom. The van der Waals surface area contributed by atoms with Crippen LogP contribution < -0.4 is 4.90 Å². The van der Waals surface area contributed by atoms with Crippen molar-refractivity contribution in [1.29, 1.82) is 0 Å². The lowest BCUT2D eigenvalue weighted by atomic mass is 10.2. The molecule has 0 bridgehead atoms. The van der Waals surface area contributed by atoms with Gasteiger partial charge in [-0.25, -0.2) is 4.98 Å². The molecule has 2 fully saturated rings. The van der Waals surface area contributed by atoms with E-state index in [9.17, 15) is 4.79 Å². The van der Waals surface area contributed by atoms with Gasteiger partial charge in [-0.3, -0.25) is 9.69 Å². The number of thioether (sulfide) groups is 1. The van der Waals surface area contributed by atoms with Crippen molar-refractivity contribution in [1.82, 2.24) is 19.7 Å². The summed E-state index contributed by atoms with van der Waals surface area (Å²) in [6.07, 6.45) is 4.95. The minimum Gasteiger partial charge on any atom is -0.303 e. The lowest BCUT2D eigenvalue weighted by Gasteiger charge is -2.18. The Hall–Kier alpha value is -2.19. The summed E-state index contributed by atoms with van der Waals surface area (Å²) < 4.78 is 2.37. The molecule has 150 valence electrons. The molecule has 0 aliphatic heterocycles. The summed E-state index contributed by atoms with van der Waals surface area (Å²) >= 11 is 3.20. The fourth-order valence-corrected chi connectivity index (χ4v) is 5.38. The molecule has 0 unspecified atom stereocenters. The fourth-order valence-electron chi connectivity index (χ4n) is 3.48. The Bertz CT molecular complexity index is 1050. The van der Waals surface area contributed by atoms with E-state index in [2.05, 4.69) is 14.8 Å². The molecule has 6 nitrogen and oxygen atoms in total. The maximum Gasteiger partial charge on any atom is 0.230 e. The lowest BCUT2D eigenvalue weighted by Crippen LogP contribution is -2.22. The van der Waals surface area contributed by atoms with Crippen LogP contribution in [0.5, 0.6) is 0 Å². The number of aromatic nitrogens is 4. The van der Waals surface area contributed by atoms with Crippen molar-refractivity contribution in [2.75, 3.05) is 4.90 Å². The summed E-state index contributed by atoms with van der Waals surface area (Å²) in [5.74, 6) is 2.48. The molecular weight excluding hydrogens is 402 g/mol. The predicted octanol–water partition coefficient (Wildman–Crippen LogP) is 5.23. The standard InChI is InChI=1S/C21H23N5OS2/c1-13-4-3-5-18(10-13)25(14(2)27)20-22-16(11-28-20)12-29-21-24-23-19(15-6-7-15)26(21)17-8-9-17/h3-5,10-11,15,17H,6-9,12H2,1-2H3. The number of hydrogen-bond acceptors (Lipinski definition) is 6. The second-order valence-electron chi connectivity index (χ2n) is 7.82. The summed E-state index contributed by atoms with van der Waals surface area (Å²) in [6.45, 7) is 3.60. The lowest BCUT2D eigenvalue weighted by molar-refractivity contribution is -0.115. The highest BCUT2D eigenvalue weighted by molar-refractivity contribution is 7.98. The van der Waals surface area contributed by atoms with Gasteiger partial charge in [0.15, 0.2) is 10.3 Å². The molecule has 2 heterocycles. The van der Waals surface area contributed by atoms with Gasteiger partial charge in [0.25, 0.3) is 0 Å². The number of aryl methyl sites for hydroxylation is 1. The van der Waals surface area contributed by atoms with E-state index in [4.69, 9.17) is 4.98 Å². The molecule has 8 heteroatoms.